The highest BCUT2D eigenvalue weighted by molar-refractivity contribution is 7.13. The van der Waals surface area contributed by atoms with E-state index in [9.17, 15) is 14.7 Å². The molecule has 4 aliphatic rings. The maximum atomic E-state index is 14.2. The van der Waals surface area contributed by atoms with Crippen molar-refractivity contribution in [2.75, 3.05) is 26.2 Å². The van der Waals surface area contributed by atoms with Crippen LogP contribution in [0.4, 0.5) is 0 Å². The lowest BCUT2D eigenvalue weighted by Gasteiger charge is -2.37. The average molecular weight is 566 g/mol. The number of hydrogen-bond acceptors (Lipinski definition) is 9. The van der Waals surface area contributed by atoms with Gasteiger partial charge in [0.05, 0.1) is 40.8 Å². The second-order valence-electron chi connectivity index (χ2n) is 11.8. The minimum Gasteiger partial charge on any atom is -0.391 e. The van der Waals surface area contributed by atoms with Crippen LogP contribution in [0.5, 0.6) is 0 Å². The molecule has 1 saturated carbocycles. The standard InChI is InChI=1S/C29H39N7O3S/c1-17(19-3-7-22(8-4-19)27-18(2)31-16-40-27)32-28(38)25-13-23(37)14-35(25)29(39)26(21-9-11-30-12-10-21)36-15-24(33-34-36)20-5-6-20/h3-4,7-8,16-17,20-21,23-26,30,37H,5-6,9-15H2,1-2H3,(H,32,38)/t17-,23+,24?,25-,26-/m0/s1. The quantitative estimate of drug-likeness (QED) is 0.452. The first-order chi connectivity index (χ1) is 19.4. The molecule has 3 fully saturated rings. The zero-order valence-electron chi connectivity index (χ0n) is 23.2. The summed E-state index contributed by atoms with van der Waals surface area (Å²) in [7, 11) is 0. The van der Waals surface area contributed by atoms with Crippen molar-refractivity contribution in [3.63, 3.8) is 0 Å². The van der Waals surface area contributed by atoms with Crippen LogP contribution >= 0.6 is 11.3 Å². The van der Waals surface area contributed by atoms with Gasteiger partial charge in [0.25, 0.3) is 0 Å². The van der Waals surface area contributed by atoms with Crippen LogP contribution in [0.15, 0.2) is 40.1 Å². The monoisotopic (exact) mass is 565 g/mol. The van der Waals surface area contributed by atoms with E-state index in [1.54, 1.807) is 16.2 Å². The maximum Gasteiger partial charge on any atom is 0.248 e. The summed E-state index contributed by atoms with van der Waals surface area (Å²) in [6.45, 7) is 6.48. The molecule has 1 aromatic heterocycles. The van der Waals surface area contributed by atoms with Crippen molar-refractivity contribution in [1.29, 1.82) is 0 Å². The Morgan fingerprint density at radius 2 is 1.88 bits per heavy atom. The molecule has 0 radical (unpaired) electrons. The Kier molecular flexibility index (Phi) is 7.87. The van der Waals surface area contributed by atoms with Gasteiger partial charge in [-0.3, -0.25) is 14.6 Å². The number of carbonyl (C=O) groups excluding carboxylic acids is 2. The van der Waals surface area contributed by atoms with Gasteiger partial charge in [0.15, 0.2) is 0 Å². The third-order valence-corrected chi connectivity index (χ3v) is 9.88. The highest BCUT2D eigenvalue weighted by atomic mass is 32.1. The molecule has 11 heteroatoms. The summed E-state index contributed by atoms with van der Waals surface area (Å²) >= 11 is 1.61. The van der Waals surface area contributed by atoms with Crippen molar-refractivity contribution in [2.45, 2.75) is 76.2 Å². The van der Waals surface area contributed by atoms with E-state index in [2.05, 4.69) is 38.1 Å². The number of aryl methyl sites for hydroxylation is 1. The molecule has 2 aromatic rings. The van der Waals surface area contributed by atoms with E-state index in [0.29, 0.717) is 12.5 Å². The fraction of sp³-hybridized carbons (Fsp3) is 0.621. The van der Waals surface area contributed by atoms with Crippen LogP contribution in [0, 0.1) is 18.8 Å². The van der Waals surface area contributed by atoms with E-state index < -0.39 is 18.2 Å². The van der Waals surface area contributed by atoms with Crippen molar-refractivity contribution in [3.05, 3.63) is 41.0 Å². The van der Waals surface area contributed by atoms with Crippen LogP contribution < -0.4 is 10.6 Å². The number of piperidine rings is 1. The Balaban J connectivity index is 1.15. The molecule has 5 atom stereocenters. The smallest absolute Gasteiger partial charge is 0.248 e. The van der Waals surface area contributed by atoms with Gasteiger partial charge in [-0.05, 0) is 75.6 Å². The number of benzene rings is 1. The van der Waals surface area contributed by atoms with Crippen molar-refractivity contribution >= 4 is 23.2 Å². The average Bonchev–Trinajstić information content (AvgIpc) is 3.33. The van der Waals surface area contributed by atoms with Gasteiger partial charge in [0.1, 0.15) is 12.1 Å². The zero-order chi connectivity index (χ0) is 27.8. The number of thiazole rings is 1. The molecular weight excluding hydrogens is 526 g/mol. The molecule has 0 bridgehead atoms. The Bertz CT molecular complexity index is 1240. The summed E-state index contributed by atoms with van der Waals surface area (Å²) in [5, 5.41) is 28.0. The number of likely N-dealkylation sites (tertiary alicyclic amines) is 1. The molecule has 1 aromatic carbocycles. The molecule has 2 saturated heterocycles. The molecule has 3 N–H and O–H groups in total. The molecule has 214 valence electrons. The predicted molar refractivity (Wildman–Crippen MR) is 152 cm³/mol. The molecule has 10 nitrogen and oxygen atoms in total. The molecule has 6 rings (SSSR count). The third kappa shape index (κ3) is 5.64. The molecule has 40 heavy (non-hydrogen) atoms. The summed E-state index contributed by atoms with van der Waals surface area (Å²) in [4.78, 5) is 34.8. The Morgan fingerprint density at radius 1 is 1.12 bits per heavy atom. The number of rotatable bonds is 8. The van der Waals surface area contributed by atoms with Crippen molar-refractivity contribution in [3.8, 4) is 10.4 Å². The molecule has 3 aliphatic heterocycles. The number of aliphatic hydroxyl groups is 1. The summed E-state index contributed by atoms with van der Waals surface area (Å²) in [6, 6.07) is 6.88. The Hall–Kier alpha value is -2.89. The second-order valence-corrected chi connectivity index (χ2v) is 12.6. The van der Waals surface area contributed by atoms with Crippen molar-refractivity contribution in [2.24, 2.45) is 22.2 Å². The maximum absolute atomic E-state index is 14.2. The number of carbonyl (C=O) groups is 2. The number of β-amino-alcohol motifs (C(OH)–C–C–N with tert-alkyl or cyclic N) is 1. The topological polar surface area (TPSA) is 123 Å². The lowest BCUT2D eigenvalue weighted by atomic mass is 9.88. The highest BCUT2D eigenvalue weighted by Gasteiger charge is 2.47. The van der Waals surface area contributed by atoms with Crippen LogP contribution in [0.2, 0.25) is 0 Å². The summed E-state index contributed by atoms with van der Waals surface area (Å²) in [5.41, 5.74) is 4.93. The largest absolute Gasteiger partial charge is 0.391 e. The summed E-state index contributed by atoms with van der Waals surface area (Å²) < 4.78 is 0. The van der Waals surface area contributed by atoms with E-state index in [1.807, 2.05) is 36.5 Å². The number of aliphatic hydroxyl groups excluding tert-OH is 1. The molecule has 2 amide bonds. The van der Waals surface area contributed by atoms with Crippen LogP contribution in [0.25, 0.3) is 10.4 Å². The van der Waals surface area contributed by atoms with Gasteiger partial charge in [0.2, 0.25) is 11.8 Å². The molecule has 0 spiro atoms. The van der Waals surface area contributed by atoms with E-state index in [4.69, 9.17) is 0 Å². The van der Waals surface area contributed by atoms with Crippen LogP contribution in [0.1, 0.15) is 56.3 Å². The minimum atomic E-state index is -0.731. The normalized spacial score (nSPS) is 26.7. The molecular formula is C29H39N7O3S. The third-order valence-electron chi connectivity index (χ3n) is 8.90. The Morgan fingerprint density at radius 3 is 2.55 bits per heavy atom. The summed E-state index contributed by atoms with van der Waals surface area (Å²) in [6.07, 6.45) is 3.60. The van der Waals surface area contributed by atoms with E-state index in [-0.39, 0.29) is 42.8 Å². The fourth-order valence-corrected chi connectivity index (χ4v) is 7.21. The van der Waals surface area contributed by atoms with E-state index >= 15 is 0 Å². The van der Waals surface area contributed by atoms with Crippen LogP contribution in [-0.4, -0.2) is 82.2 Å². The van der Waals surface area contributed by atoms with Gasteiger partial charge < -0.3 is 20.6 Å². The number of nitrogens with one attached hydrogen (secondary N) is 2. The van der Waals surface area contributed by atoms with Crippen LogP contribution in [0.3, 0.4) is 0 Å². The highest BCUT2D eigenvalue weighted by Crippen LogP contribution is 2.38. The van der Waals surface area contributed by atoms with E-state index in [1.165, 1.54) is 12.8 Å². The van der Waals surface area contributed by atoms with Gasteiger partial charge in [-0.25, -0.2) is 4.98 Å². The Labute approximate surface area is 239 Å². The first-order valence-electron chi connectivity index (χ1n) is 14.6. The second kappa shape index (κ2) is 11.5. The van der Waals surface area contributed by atoms with Gasteiger partial charge in [-0.15, -0.1) is 11.3 Å². The van der Waals surface area contributed by atoms with Gasteiger partial charge >= 0.3 is 0 Å². The van der Waals surface area contributed by atoms with Crippen molar-refractivity contribution in [1.82, 2.24) is 25.5 Å². The summed E-state index contributed by atoms with van der Waals surface area (Å²) in [5.74, 6) is 0.358. The van der Waals surface area contributed by atoms with Gasteiger partial charge in [-0.1, -0.05) is 29.5 Å². The van der Waals surface area contributed by atoms with Gasteiger partial charge in [-0.2, -0.15) is 5.11 Å². The lowest BCUT2D eigenvalue weighted by molar-refractivity contribution is -0.145. The zero-order valence-corrected chi connectivity index (χ0v) is 24.0. The van der Waals surface area contributed by atoms with Crippen molar-refractivity contribution < 1.29 is 14.7 Å². The fourth-order valence-electron chi connectivity index (χ4n) is 6.39. The molecule has 1 unspecified atom stereocenters. The first-order valence-corrected chi connectivity index (χ1v) is 15.4. The van der Waals surface area contributed by atoms with E-state index in [0.717, 1.165) is 47.6 Å². The number of aromatic nitrogens is 1. The predicted octanol–water partition coefficient (Wildman–Crippen LogP) is 3.09. The lowest BCUT2D eigenvalue weighted by Crippen LogP contribution is -2.56. The number of hydrogen-bond donors (Lipinski definition) is 3. The van der Waals surface area contributed by atoms with Gasteiger partial charge in [0, 0.05) is 13.0 Å². The first kappa shape index (κ1) is 27.3. The molecule has 4 heterocycles. The number of nitrogens with zero attached hydrogens (tertiary/aromatic N) is 5. The molecule has 1 aliphatic carbocycles. The number of amides is 2. The SMILES string of the molecule is Cc1ncsc1-c1ccc([C@H](C)NC(=O)[C@@H]2C[C@@H](O)CN2C(=O)[C@H](C2CCNCC2)N2CC(C3CC3)N=N2)cc1. The minimum absolute atomic E-state index is 0.115. The van der Waals surface area contributed by atoms with Crippen LogP contribution in [-0.2, 0) is 9.59 Å².